The van der Waals surface area contributed by atoms with Gasteiger partial charge in [-0.25, -0.2) is 4.39 Å². The third-order valence-corrected chi connectivity index (χ3v) is 2.12. The molecule has 1 aromatic rings. The predicted octanol–water partition coefficient (Wildman–Crippen LogP) is 2.29. The molecule has 0 spiro atoms. The van der Waals surface area contributed by atoms with Crippen LogP contribution in [0.3, 0.4) is 0 Å². The van der Waals surface area contributed by atoms with Gasteiger partial charge in [0.2, 0.25) is 0 Å². The van der Waals surface area contributed by atoms with Crippen LogP contribution in [0.25, 0.3) is 0 Å². The molecule has 0 saturated heterocycles. The van der Waals surface area contributed by atoms with Crippen molar-refractivity contribution in [2.75, 3.05) is 19.8 Å². The third-order valence-electron chi connectivity index (χ3n) is 2.12. The highest BCUT2D eigenvalue weighted by Crippen LogP contribution is 2.25. The lowest BCUT2D eigenvalue weighted by molar-refractivity contribution is 0.107. The lowest BCUT2D eigenvalue weighted by Crippen LogP contribution is -2.08. The minimum Gasteiger partial charge on any atom is -0.491 e. The molecule has 4 heteroatoms. The van der Waals surface area contributed by atoms with E-state index in [4.69, 9.17) is 9.47 Å². The number of rotatable bonds is 6. The molecule has 1 aromatic carbocycles. The molecule has 0 fully saturated rings. The molecule has 3 nitrogen and oxygen atoms in total. The largest absolute Gasteiger partial charge is 0.491 e. The maximum Gasteiger partial charge on any atom is 0.128 e. The molecule has 1 rings (SSSR count). The number of aliphatic hydroxyl groups excluding tert-OH is 1. The SMILES string of the molecule is CCOCCOc1cc(F)ccc1C(C)O. The van der Waals surface area contributed by atoms with Gasteiger partial charge in [-0.05, 0) is 26.0 Å². The van der Waals surface area contributed by atoms with Crippen molar-refractivity contribution in [3.63, 3.8) is 0 Å². The van der Waals surface area contributed by atoms with Crippen LogP contribution in [-0.4, -0.2) is 24.9 Å². The summed E-state index contributed by atoms with van der Waals surface area (Å²) in [5, 5.41) is 9.46. The van der Waals surface area contributed by atoms with Crippen LogP contribution >= 0.6 is 0 Å². The maximum atomic E-state index is 13.0. The van der Waals surface area contributed by atoms with Crippen LogP contribution in [0.1, 0.15) is 25.5 Å². The van der Waals surface area contributed by atoms with Crippen molar-refractivity contribution in [3.8, 4) is 5.75 Å². The highest BCUT2D eigenvalue weighted by Gasteiger charge is 2.10. The number of halogens is 1. The predicted molar refractivity (Wildman–Crippen MR) is 59.0 cm³/mol. The lowest BCUT2D eigenvalue weighted by Gasteiger charge is -2.13. The molecule has 1 N–H and O–H groups in total. The topological polar surface area (TPSA) is 38.7 Å². The zero-order valence-corrected chi connectivity index (χ0v) is 9.57. The van der Waals surface area contributed by atoms with Crippen molar-refractivity contribution in [1.29, 1.82) is 0 Å². The Labute approximate surface area is 94.8 Å². The van der Waals surface area contributed by atoms with Crippen LogP contribution < -0.4 is 4.74 Å². The third kappa shape index (κ3) is 3.79. The molecule has 0 bridgehead atoms. The Balaban J connectivity index is 2.65. The Kier molecular flexibility index (Phi) is 5.22. The van der Waals surface area contributed by atoms with Gasteiger partial charge in [0.15, 0.2) is 0 Å². The molecule has 0 saturated carbocycles. The minimum atomic E-state index is -0.678. The molecular weight excluding hydrogens is 211 g/mol. The van der Waals surface area contributed by atoms with E-state index in [1.54, 1.807) is 6.92 Å². The maximum absolute atomic E-state index is 13.0. The van der Waals surface area contributed by atoms with Crippen LogP contribution in [0.4, 0.5) is 4.39 Å². The Morgan fingerprint density at radius 2 is 2.12 bits per heavy atom. The van der Waals surface area contributed by atoms with Crippen molar-refractivity contribution < 1.29 is 19.0 Å². The van der Waals surface area contributed by atoms with Gasteiger partial charge >= 0.3 is 0 Å². The Morgan fingerprint density at radius 3 is 2.75 bits per heavy atom. The molecule has 0 radical (unpaired) electrons. The first-order chi connectivity index (χ1) is 7.65. The molecular formula is C12H17FO3. The van der Waals surface area contributed by atoms with Crippen LogP contribution in [0, 0.1) is 5.82 Å². The van der Waals surface area contributed by atoms with Crippen molar-refractivity contribution in [2.24, 2.45) is 0 Å². The fourth-order valence-corrected chi connectivity index (χ4v) is 1.33. The van der Waals surface area contributed by atoms with Gasteiger partial charge in [-0.2, -0.15) is 0 Å². The summed E-state index contributed by atoms with van der Waals surface area (Å²) in [6.07, 6.45) is -0.678. The van der Waals surface area contributed by atoms with E-state index < -0.39 is 6.10 Å². The summed E-state index contributed by atoms with van der Waals surface area (Å²) in [5.41, 5.74) is 0.581. The van der Waals surface area contributed by atoms with Crippen molar-refractivity contribution in [1.82, 2.24) is 0 Å². The Hall–Kier alpha value is -1.13. The zero-order valence-electron chi connectivity index (χ0n) is 9.57. The second kappa shape index (κ2) is 6.45. The van der Waals surface area contributed by atoms with E-state index in [1.165, 1.54) is 18.2 Å². The number of hydrogen-bond donors (Lipinski definition) is 1. The standard InChI is InChI=1S/C12H17FO3/c1-3-15-6-7-16-12-8-10(13)4-5-11(12)9(2)14/h4-5,8-9,14H,3,6-7H2,1-2H3. The molecule has 1 unspecified atom stereocenters. The molecule has 1 atom stereocenters. The van der Waals surface area contributed by atoms with Gasteiger partial charge in [-0.1, -0.05) is 0 Å². The summed E-state index contributed by atoms with van der Waals surface area (Å²) >= 11 is 0. The molecule has 16 heavy (non-hydrogen) atoms. The molecule has 0 aliphatic heterocycles. The first-order valence-electron chi connectivity index (χ1n) is 5.33. The second-order valence-corrected chi connectivity index (χ2v) is 3.40. The highest BCUT2D eigenvalue weighted by molar-refractivity contribution is 5.35. The number of ether oxygens (including phenoxy) is 2. The minimum absolute atomic E-state index is 0.344. The number of benzene rings is 1. The van der Waals surface area contributed by atoms with Crippen LogP contribution in [0.5, 0.6) is 5.75 Å². The monoisotopic (exact) mass is 228 g/mol. The normalized spacial score (nSPS) is 12.5. The summed E-state index contributed by atoms with van der Waals surface area (Å²) in [7, 11) is 0. The van der Waals surface area contributed by atoms with Crippen molar-refractivity contribution in [3.05, 3.63) is 29.6 Å². The molecule has 0 aromatic heterocycles. The summed E-state index contributed by atoms with van der Waals surface area (Å²) in [4.78, 5) is 0. The molecule has 0 aliphatic rings. The van der Waals surface area contributed by atoms with E-state index in [0.717, 1.165) is 0 Å². The second-order valence-electron chi connectivity index (χ2n) is 3.40. The van der Waals surface area contributed by atoms with Crippen molar-refractivity contribution >= 4 is 0 Å². The molecule has 90 valence electrons. The fourth-order valence-electron chi connectivity index (χ4n) is 1.33. The Morgan fingerprint density at radius 1 is 1.38 bits per heavy atom. The van der Waals surface area contributed by atoms with Gasteiger partial charge in [-0.3, -0.25) is 0 Å². The lowest BCUT2D eigenvalue weighted by atomic mass is 10.1. The van der Waals surface area contributed by atoms with Crippen LogP contribution in [0.15, 0.2) is 18.2 Å². The van der Waals surface area contributed by atoms with Gasteiger partial charge in [0.25, 0.3) is 0 Å². The van der Waals surface area contributed by atoms with E-state index in [0.29, 0.717) is 31.1 Å². The summed E-state index contributed by atoms with van der Waals surface area (Å²) in [5.74, 6) is -0.00878. The number of hydrogen-bond acceptors (Lipinski definition) is 3. The van der Waals surface area contributed by atoms with Gasteiger partial charge in [-0.15, -0.1) is 0 Å². The van der Waals surface area contributed by atoms with Gasteiger partial charge in [0, 0.05) is 18.2 Å². The van der Waals surface area contributed by atoms with Gasteiger partial charge in [0.1, 0.15) is 18.2 Å². The van der Waals surface area contributed by atoms with E-state index in [1.807, 2.05) is 6.92 Å². The molecule has 0 heterocycles. The summed E-state index contributed by atoms with van der Waals surface area (Å²) < 4.78 is 23.5. The first kappa shape index (κ1) is 12.9. The highest BCUT2D eigenvalue weighted by atomic mass is 19.1. The first-order valence-corrected chi connectivity index (χ1v) is 5.33. The van der Waals surface area contributed by atoms with Crippen LogP contribution in [-0.2, 0) is 4.74 Å². The smallest absolute Gasteiger partial charge is 0.128 e. The Bertz CT molecular complexity index is 326. The molecule has 0 amide bonds. The van der Waals surface area contributed by atoms with E-state index in [-0.39, 0.29) is 5.82 Å². The summed E-state index contributed by atoms with van der Waals surface area (Å²) in [6.45, 7) is 4.92. The van der Waals surface area contributed by atoms with Crippen LogP contribution in [0.2, 0.25) is 0 Å². The summed E-state index contributed by atoms with van der Waals surface area (Å²) in [6, 6.07) is 4.10. The van der Waals surface area contributed by atoms with E-state index in [9.17, 15) is 9.50 Å². The van der Waals surface area contributed by atoms with Gasteiger partial charge in [0.05, 0.1) is 12.7 Å². The zero-order chi connectivity index (χ0) is 12.0. The van der Waals surface area contributed by atoms with Crippen molar-refractivity contribution in [2.45, 2.75) is 20.0 Å². The number of aliphatic hydroxyl groups is 1. The molecule has 0 aliphatic carbocycles. The average molecular weight is 228 g/mol. The van der Waals surface area contributed by atoms with E-state index >= 15 is 0 Å². The van der Waals surface area contributed by atoms with Gasteiger partial charge < -0.3 is 14.6 Å². The average Bonchev–Trinajstić information content (AvgIpc) is 2.24. The quantitative estimate of drug-likeness (QED) is 0.759. The van der Waals surface area contributed by atoms with E-state index in [2.05, 4.69) is 0 Å². The fraction of sp³-hybridized carbons (Fsp3) is 0.500.